The molecule has 0 fully saturated rings. The second-order valence-electron chi connectivity index (χ2n) is 5.82. The van der Waals surface area contributed by atoms with Crippen LogP contribution in [0, 0.1) is 6.92 Å². The van der Waals surface area contributed by atoms with E-state index in [1.54, 1.807) is 37.3 Å². The van der Waals surface area contributed by atoms with Gasteiger partial charge in [-0.1, -0.05) is 0 Å². The van der Waals surface area contributed by atoms with E-state index in [9.17, 15) is 9.59 Å². The number of carbonyl (C=O) groups is 2. The number of amides is 1. The van der Waals surface area contributed by atoms with Crippen LogP contribution in [-0.2, 0) is 0 Å². The van der Waals surface area contributed by atoms with Crippen molar-refractivity contribution in [3.05, 3.63) is 53.1 Å². The number of anilines is 1. The summed E-state index contributed by atoms with van der Waals surface area (Å²) in [4.78, 5) is 23.5. The number of benzene rings is 2. The molecule has 2 aromatic rings. The highest BCUT2D eigenvalue weighted by molar-refractivity contribution is 6.05. The van der Waals surface area contributed by atoms with Gasteiger partial charge in [0.1, 0.15) is 0 Å². The van der Waals surface area contributed by atoms with Crippen molar-refractivity contribution in [2.24, 2.45) is 0 Å². The summed E-state index contributed by atoms with van der Waals surface area (Å²) in [6.07, 6.45) is -0.00991. The lowest BCUT2D eigenvalue weighted by atomic mass is 10.1. The number of hydrogen-bond acceptors (Lipinski definition) is 4. The molecule has 0 aromatic heterocycles. The number of carboxylic acid groups (broad SMARTS) is 1. The van der Waals surface area contributed by atoms with Crippen LogP contribution in [0.5, 0.6) is 11.5 Å². The van der Waals surface area contributed by atoms with Crippen LogP contribution in [0.15, 0.2) is 36.4 Å². The van der Waals surface area contributed by atoms with Gasteiger partial charge in [-0.05, 0) is 62.7 Å². The number of aryl methyl sites for hydroxylation is 1. The number of carbonyl (C=O) groups excluding carboxylic acids is 1. The van der Waals surface area contributed by atoms with Gasteiger partial charge in [0, 0.05) is 11.3 Å². The maximum atomic E-state index is 12.4. The van der Waals surface area contributed by atoms with Crippen LogP contribution in [0.2, 0.25) is 0 Å². The van der Waals surface area contributed by atoms with E-state index in [4.69, 9.17) is 14.6 Å². The summed E-state index contributed by atoms with van der Waals surface area (Å²) in [7, 11) is 1.51. The van der Waals surface area contributed by atoms with Crippen LogP contribution in [0.3, 0.4) is 0 Å². The van der Waals surface area contributed by atoms with E-state index in [0.717, 1.165) is 0 Å². The van der Waals surface area contributed by atoms with E-state index in [2.05, 4.69) is 5.32 Å². The number of nitrogens with one attached hydrogen (secondary N) is 1. The second-order valence-corrected chi connectivity index (χ2v) is 5.82. The molecule has 1 amide bonds. The summed E-state index contributed by atoms with van der Waals surface area (Å²) in [5.74, 6) is -0.285. The van der Waals surface area contributed by atoms with Gasteiger partial charge in [0.2, 0.25) is 0 Å². The zero-order chi connectivity index (χ0) is 18.6. The van der Waals surface area contributed by atoms with Crippen molar-refractivity contribution in [3.63, 3.8) is 0 Å². The maximum absolute atomic E-state index is 12.4. The normalized spacial score (nSPS) is 10.4. The molecule has 0 radical (unpaired) electrons. The highest BCUT2D eigenvalue weighted by atomic mass is 16.5. The third-order valence-electron chi connectivity index (χ3n) is 3.50. The van der Waals surface area contributed by atoms with Crippen LogP contribution >= 0.6 is 0 Å². The molecule has 0 spiro atoms. The summed E-state index contributed by atoms with van der Waals surface area (Å²) in [6.45, 7) is 5.49. The summed E-state index contributed by atoms with van der Waals surface area (Å²) in [5.41, 5.74) is 1.71. The molecular weight excluding hydrogens is 322 g/mol. The second kappa shape index (κ2) is 7.70. The Kier molecular flexibility index (Phi) is 5.64. The number of hydrogen-bond donors (Lipinski definition) is 2. The van der Waals surface area contributed by atoms with E-state index >= 15 is 0 Å². The van der Waals surface area contributed by atoms with Crippen LogP contribution in [0.4, 0.5) is 5.69 Å². The van der Waals surface area contributed by atoms with Gasteiger partial charge in [0.25, 0.3) is 5.91 Å². The number of carboxylic acids is 1. The highest BCUT2D eigenvalue weighted by Crippen LogP contribution is 2.29. The SMILES string of the molecule is COc1cc(C(=O)Nc2ccc(C(=O)O)c(C)c2)ccc1OC(C)C. The van der Waals surface area contributed by atoms with Gasteiger partial charge >= 0.3 is 5.97 Å². The lowest BCUT2D eigenvalue weighted by molar-refractivity contribution is 0.0696. The van der Waals surface area contributed by atoms with E-state index < -0.39 is 5.97 Å². The minimum Gasteiger partial charge on any atom is -0.493 e. The fourth-order valence-electron chi connectivity index (χ4n) is 2.34. The van der Waals surface area contributed by atoms with Gasteiger partial charge in [-0.25, -0.2) is 4.79 Å². The Morgan fingerprint density at radius 3 is 2.36 bits per heavy atom. The standard InChI is InChI=1S/C19H21NO5/c1-11(2)25-16-8-5-13(10-17(16)24-4)18(21)20-14-6-7-15(19(22)23)12(3)9-14/h5-11H,1-4H3,(H,20,21)(H,22,23). The molecule has 6 nitrogen and oxygen atoms in total. The first-order valence-corrected chi connectivity index (χ1v) is 7.81. The van der Waals surface area contributed by atoms with Gasteiger partial charge in [0.15, 0.2) is 11.5 Å². The third-order valence-corrected chi connectivity index (χ3v) is 3.50. The molecule has 0 unspecified atom stereocenters. The zero-order valence-corrected chi connectivity index (χ0v) is 14.6. The van der Waals surface area contributed by atoms with E-state index in [1.165, 1.54) is 13.2 Å². The number of aromatic carboxylic acids is 1. The fraction of sp³-hybridized carbons (Fsp3) is 0.263. The van der Waals surface area contributed by atoms with E-state index in [1.807, 2.05) is 13.8 Å². The van der Waals surface area contributed by atoms with Crippen molar-refractivity contribution in [2.75, 3.05) is 12.4 Å². The average Bonchev–Trinajstić information content (AvgIpc) is 2.54. The minimum absolute atomic E-state index is 0.00991. The number of ether oxygens (including phenoxy) is 2. The zero-order valence-electron chi connectivity index (χ0n) is 14.6. The first-order valence-electron chi connectivity index (χ1n) is 7.81. The Morgan fingerprint density at radius 2 is 1.80 bits per heavy atom. The molecule has 0 atom stereocenters. The first kappa shape index (κ1) is 18.3. The third kappa shape index (κ3) is 4.50. The summed E-state index contributed by atoms with van der Waals surface area (Å²) < 4.78 is 10.9. The predicted molar refractivity (Wildman–Crippen MR) is 94.8 cm³/mol. The van der Waals surface area contributed by atoms with Gasteiger partial charge in [-0.15, -0.1) is 0 Å². The maximum Gasteiger partial charge on any atom is 0.335 e. The number of methoxy groups -OCH3 is 1. The molecule has 0 heterocycles. The first-order chi connectivity index (χ1) is 11.8. The monoisotopic (exact) mass is 343 g/mol. The van der Waals surface area contributed by atoms with E-state index in [-0.39, 0.29) is 17.6 Å². The largest absolute Gasteiger partial charge is 0.493 e. The lowest BCUT2D eigenvalue weighted by Crippen LogP contribution is -2.13. The van der Waals surface area contributed by atoms with Crippen molar-refractivity contribution >= 4 is 17.6 Å². The molecule has 0 aliphatic rings. The van der Waals surface area contributed by atoms with Crippen molar-refractivity contribution in [1.82, 2.24) is 0 Å². The van der Waals surface area contributed by atoms with Gasteiger partial charge in [-0.2, -0.15) is 0 Å². The van der Waals surface area contributed by atoms with E-state index in [0.29, 0.717) is 28.3 Å². The van der Waals surface area contributed by atoms with Crippen LogP contribution in [0.1, 0.15) is 40.1 Å². The smallest absolute Gasteiger partial charge is 0.335 e. The Balaban J connectivity index is 2.20. The fourth-order valence-corrected chi connectivity index (χ4v) is 2.34. The molecule has 2 rings (SSSR count). The molecule has 2 aromatic carbocycles. The molecule has 2 N–H and O–H groups in total. The van der Waals surface area contributed by atoms with Crippen molar-refractivity contribution in [1.29, 1.82) is 0 Å². The summed E-state index contributed by atoms with van der Waals surface area (Å²) in [6, 6.07) is 9.58. The molecular formula is C19H21NO5. The number of rotatable bonds is 6. The van der Waals surface area contributed by atoms with Gasteiger partial charge in [-0.3, -0.25) is 4.79 Å². The quantitative estimate of drug-likeness (QED) is 0.834. The Hall–Kier alpha value is -3.02. The van der Waals surface area contributed by atoms with Crippen LogP contribution in [-0.4, -0.2) is 30.2 Å². The summed E-state index contributed by atoms with van der Waals surface area (Å²) in [5, 5.41) is 11.8. The Morgan fingerprint density at radius 1 is 1.08 bits per heavy atom. The lowest BCUT2D eigenvalue weighted by Gasteiger charge is -2.14. The average molecular weight is 343 g/mol. The molecule has 0 aliphatic heterocycles. The molecule has 0 saturated heterocycles. The van der Waals surface area contributed by atoms with Crippen molar-refractivity contribution < 1.29 is 24.2 Å². The van der Waals surface area contributed by atoms with Crippen LogP contribution < -0.4 is 14.8 Å². The van der Waals surface area contributed by atoms with Crippen molar-refractivity contribution in [2.45, 2.75) is 26.9 Å². The van der Waals surface area contributed by atoms with Crippen LogP contribution in [0.25, 0.3) is 0 Å². The van der Waals surface area contributed by atoms with Gasteiger partial charge in [0.05, 0.1) is 18.8 Å². The summed E-state index contributed by atoms with van der Waals surface area (Å²) >= 11 is 0. The minimum atomic E-state index is -0.999. The highest BCUT2D eigenvalue weighted by Gasteiger charge is 2.13. The van der Waals surface area contributed by atoms with Gasteiger partial charge < -0.3 is 19.9 Å². The predicted octanol–water partition coefficient (Wildman–Crippen LogP) is 3.74. The Bertz CT molecular complexity index is 798. The molecule has 6 heteroatoms. The molecule has 132 valence electrons. The molecule has 25 heavy (non-hydrogen) atoms. The molecule has 0 saturated carbocycles. The molecule has 0 bridgehead atoms. The molecule has 0 aliphatic carbocycles. The van der Waals surface area contributed by atoms with Crippen molar-refractivity contribution in [3.8, 4) is 11.5 Å². The Labute approximate surface area is 146 Å². The topological polar surface area (TPSA) is 84.9 Å².